The number of hydrogen-bond donors (Lipinski definition) is 3. The van der Waals surface area contributed by atoms with E-state index in [9.17, 15) is 4.79 Å². The Balaban J connectivity index is 2.58. The summed E-state index contributed by atoms with van der Waals surface area (Å²) in [7, 11) is 1.70. The summed E-state index contributed by atoms with van der Waals surface area (Å²) in [5.41, 5.74) is 0.408. The Morgan fingerprint density at radius 2 is 2.40 bits per heavy atom. The highest BCUT2D eigenvalue weighted by molar-refractivity contribution is 6.31. The maximum atomic E-state index is 11.5. The first-order valence-corrected chi connectivity index (χ1v) is 4.81. The monoisotopic (exact) mass is 232 g/mol. The quantitative estimate of drug-likeness (QED) is 0.671. The summed E-state index contributed by atoms with van der Waals surface area (Å²) in [5, 5.41) is 20.5. The van der Waals surface area contributed by atoms with Gasteiger partial charge in [0.25, 0.3) is 5.91 Å². The molecule has 1 amide bonds. The number of amides is 1. The van der Waals surface area contributed by atoms with Crippen molar-refractivity contribution >= 4 is 17.5 Å². The first-order valence-electron chi connectivity index (χ1n) is 4.43. The largest absolute Gasteiger partial charge is 0.394 e. The predicted octanol–water partition coefficient (Wildman–Crippen LogP) is -0.238. The third-order valence-corrected chi connectivity index (χ3v) is 2.12. The van der Waals surface area contributed by atoms with E-state index in [2.05, 4.69) is 5.32 Å². The third-order valence-electron chi connectivity index (χ3n) is 1.91. The van der Waals surface area contributed by atoms with E-state index < -0.39 is 6.10 Å². The van der Waals surface area contributed by atoms with Crippen molar-refractivity contribution in [3.63, 3.8) is 0 Å². The van der Waals surface area contributed by atoms with Crippen LogP contribution in [0.15, 0.2) is 12.3 Å². The van der Waals surface area contributed by atoms with Crippen LogP contribution in [0.4, 0.5) is 0 Å². The standard InChI is InChI=1S/C9H13ClN2O3/c1-12-4-6(10)2-8(12)9(15)11-3-7(14)5-13/h2,4,7,13-14H,3,5H2,1H3,(H,11,15). The van der Waals surface area contributed by atoms with E-state index in [1.807, 2.05) is 0 Å². The van der Waals surface area contributed by atoms with Crippen molar-refractivity contribution in [2.45, 2.75) is 6.10 Å². The second-order valence-corrected chi connectivity index (χ2v) is 3.64. The lowest BCUT2D eigenvalue weighted by Crippen LogP contribution is -2.34. The van der Waals surface area contributed by atoms with E-state index >= 15 is 0 Å². The first-order chi connectivity index (χ1) is 7.04. The molecule has 0 aliphatic heterocycles. The van der Waals surface area contributed by atoms with Gasteiger partial charge in [-0.3, -0.25) is 4.79 Å². The average molecular weight is 233 g/mol. The number of nitrogens with one attached hydrogen (secondary N) is 1. The molecule has 1 rings (SSSR count). The van der Waals surface area contributed by atoms with Gasteiger partial charge in [0.2, 0.25) is 0 Å². The van der Waals surface area contributed by atoms with Crippen molar-refractivity contribution in [2.24, 2.45) is 7.05 Å². The van der Waals surface area contributed by atoms with E-state index in [1.165, 1.54) is 6.07 Å². The van der Waals surface area contributed by atoms with Crippen LogP contribution in [0.1, 0.15) is 10.5 Å². The molecule has 1 aromatic rings. The number of aromatic nitrogens is 1. The fourth-order valence-electron chi connectivity index (χ4n) is 1.12. The van der Waals surface area contributed by atoms with Gasteiger partial charge in [0.1, 0.15) is 5.69 Å². The van der Waals surface area contributed by atoms with Gasteiger partial charge >= 0.3 is 0 Å². The minimum Gasteiger partial charge on any atom is -0.394 e. The highest BCUT2D eigenvalue weighted by Gasteiger charge is 2.12. The van der Waals surface area contributed by atoms with Gasteiger partial charge in [0.15, 0.2) is 0 Å². The zero-order valence-electron chi connectivity index (χ0n) is 8.27. The van der Waals surface area contributed by atoms with Crippen molar-refractivity contribution in [1.82, 2.24) is 9.88 Å². The minimum atomic E-state index is -0.940. The van der Waals surface area contributed by atoms with Crippen LogP contribution in [0, 0.1) is 0 Å². The van der Waals surface area contributed by atoms with Crippen molar-refractivity contribution in [2.75, 3.05) is 13.2 Å². The van der Waals surface area contributed by atoms with Crippen molar-refractivity contribution in [3.05, 3.63) is 23.0 Å². The molecule has 1 atom stereocenters. The lowest BCUT2D eigenvalue weighted by atomic mass is 10.3. The number of rotatable bonds is 4. The molecular weight excluding hydrogens is 220 g/mol. The lowest BCUT2D eigenvalue weighted by molar-refractivity contribution is 0.0797. The molecule has 0 radical (unpaired) electrons. The highest BCUT2D eigenvalue weighted by Crippen LogP contribution is 2.12. The van der Waals surface area contributed by atoms with Gasteiger partial charge in [-0.25, -0.2) is 0 Å². The molecule has 0 saturated carbocycles. The molecule has 0 aromatic carbocycles. The molecule has 1 aromatic heterocycles. The van der Waals surface area contributed by atoms with Gasteiger partial charge in [-0.1, -0.05) is 11.6 Å². The van der Waals surface area contributed by atoms with E-state index in [0.717, 1.165) is 0 Å². The molecule has 3 N–H and O–H groups in total. The zero-order valence-corrected chi connectivity index (χ0v) is 9.03. The molecule has 0 aliphatic rings. The Morgan fingerprint density at radius 3 is 2.87 bits per heavy atom. The number of carbonyl (C=O) groups is 1. The van der Waals surface area contributed by atoms with Gasteiger partial charge in [-0.05, 0) is 6.07 Å². The van der Waals surface area contributed by atoms with Crippen LogP contribution in [-0.2, 0) is 7.05 Å². The van der Waals surface area contributed by atoms with Gasteiger partial charge in [-0.15, -0.1) is 0 Å². The fourth-order valence-corrected chi connectivity index (χ4v) is 1.37. The third kappa shape index (κ3) is 3.23. The Hall–Kier alpha value is -1.04. The fraction of sp³-hybridized carbons (Fsp3) is 0.444. The van der Waals surface area contributed by atoms with Gasteiger partial charge in [-0.2, -0.15) is 0 Å². The van der Waals surface area contributed by atoms with E-state index in [-0.39, 0.29) is 19.1 Å². The van der Waals surface area contributed by atoms with Crippen LogP contribution < -0.4 is 5.32 Å². The molecule has 6 heteroatoms. The van der Waals surface area contributed by atoms with Gasteiger partial charge in [0, 0.05) is 19.8 Å². The number of aliphatic hydroxyl groups is 2. The Morgan fingerprint density at radius 1 is 1.73 bits per heavy atom. The van der Waals surface area contributed by atoms with Crippen LogP contribution in [0.3, 0.4) is 0 Å². The molecule has 5 nitrogen and oxygen atoms in total. The molecule has 0 fully saturated rings. The molecule has 1 heterocycles. The molecule has 84 valence electrons. The van der Waals surface area contributed by atoms with E-state index in [1.54, 1.807) is 17.8 Å². The number of carbonyl (C=O) groups excluding carboxylic acids is 1. The van der Waals surface area contributed by atoms with E-state index in [4.69, 9.17) is 21.8 Å². The number of nitrogens with zero attached hydrogens (tertiary/aromatic N) is 1. The van der Waals surface area contributed by atoms with Gasteiger partial charge < -0.3 is 20.1 Å². The van der Waals surface area contributed by atoms with Crippen molar-refractivity contribution in [1.29, 1.82) is 0 Å². The number of hydrogen-bond acceptors (Lipinski definition) is 3. The molecule has 1 unspecified atom stereocenters. The van der Waals surface area contributed by atoms with Crippen molar-refractivity contribution < 1.29 is 15.0 Å². The van der Waals surface area contributed by atoms with Gasteiger partial charge in [0.05, 0.1) is 17.7 Å². The normalized spacial score (nSPS) is 12.5. The average Bonchev–Trinajstić information content (AvgIpc) is 2.53. The SMILES string of the molecule is Cn1cc(Cl)cc1C(=O)NCC(O)CO. The number of halogens is 1. The summed E-state index contributed by atoms with van der Waals surface area (Å²) in [6, 6.07) is 1.53. The summed E-state index contributed by atoms with van der Waals surface area (Å²) in [6.45, 7) is -0.369. The topological polar surface area (TPSA) is 74.5 Å². The van der Waals surface area contributed by atoms with Crippen LogP contribution in [-0.4, -0.2) is 39.9 Å². The molecule has 0 saturated heterocycles. The molecule has 15 heavy (non-hydrogen) atoms. The molecule has 0 spiro atoms. The van der Waals surface area contributed by atoms with Crippen LogP contribution >= 0.6 is 11.6 Å². The predicted molar refractivity (Wildman–Crippen MR) is 55.8 cm³/mol. The second-order valence-electron chi connectivity index (χ2n) is 3.20. The number of aliphatic hydroxyl groups excluding tert-OH is 2. The van der Waals surface area contributed by atoms with E-state index in [0.29, 0.717) is 10.7 Å². The maximum absolute atomic E-state index is 11.5. The Labute approximate surface area is 92.3 Å². The number of aryl methyl sites for hydroxylation is 1. The summed E-state index contributed by atoms with van der Waals surface area (Å²) >= 11 is 5.71. The Bertz CT molecular complexity index is 351. The smallest absolute Gasteiger partial charge is 0.268 e. The summed E-state index contributed by atoms with van der Waals surface area (Å²) in [4.78, 5) is 11.5. The summed E-state index contributed by atoms with van der Waals surface area (Å²) in [6.07, 6.45) is 0.670. The lowest BCUT2D eigenvalue weighted by Gasteiger charge is -2.09. The second kappa shape index (κ2) is 5.16. The molecular formula is C9H13ClN2O3. The Kier molecular flexibility index (Phi) is 4.14. The summed E-state index contributed by atoms with van der Waals surface area (Å²) < 4.78 is 1.59. The molecule has 0 bridgehead atoms. The zero-order chi connectivity index (χ0) is 11.4. The molecule has 0 aliphatic carbocycles. The highest BCUT2D eigenvalue weighted by atomic mass is 35.5. The van der Waals surface area contributed by atoms with Crippen molar-refractivity contribution in [3.8, 4) is 0 Å². The maximum Gasteiger partial charge on any atom is 0.268 e. The van der Waals surface area contributed by atoms with Crippen LogP contribution in [0.5, 0.6) is 0 Å². The summed E-state index contributed by atoms with van der Waals surface area (Å²) in [5.74, 6) is -0.336. The van der Waals surface area contributed by atoms with Crippen LogP contribution in [0.25, 0.3) is 0 Å². The van der Waals surface area contributed by atoms with Crippen LogP contribution in [0.2, 0.25) is 5.02 Å². The minimum absolute atomic E-state index is 0.0120. The first kappa shape index (κ1) is 12.0.